The molecular weight excluding hydrogens is 282 g/mol. The van der Waals surface area contributed by atoms with Crippen LogP contribution < -0.4 is 21.9 Å². The fourth-order valence-electron chi connectivity index (χ4n) is 2.17. The number of quaternary nitrogens is 1. The summed E-state index contributed by atoms with van der Waals surface area (Å²) in [4.78, 5) is 6.17. The Morgan fingerprint density at radius 3 is 2.88 bits per heavy atom. The molecule has 1 N–H and O–H groups in total. The predicted octanol–water partition coefficient (Wildman–Crippen LogP) is -3.25. The Bertz CT molecular complexity index is 446. The van der Waals surface area contributed by atoms with Gasteiger partial charge in [-0.2, -0.15) is 0 Å². The second-order valence-corrected chi connectivity index (χ2v) is 4.24. The molecule has 2 aromatic rings. The first-order valence-electron chi connectivity index (χ1n) is 5.76. The number of ether oxygens (including phenoxy) is 1. The zero-order chi connectivity index (χ0) is 10.8. The molecule has 0 saturated carbocycles. The lowest BCUT2D eigenvalue weighted by Crippen LogP contribution is -3.12. The Morgan fingerprint density at radius 1 is 1.29 bits per heavy atom. The molecular formula is C12H16BrN3O. The molecule has 1 aliphatic rings. The molecule has 0 aromatic carbocycles. The Kier molecular flexibility index (Phi) is 4.15. The van der Waals surface area contributed by atoms with Crippen LogP contribution in [0.3, 0.4) is 0 Å². The Balaban J connectivity index is 0.00000108. The summed E-state index contributed by atoms with van der Waals surface area (Å²) in [6.07, 6.45) is 4.16. The summed E-state index contributed by atoms with van der Waals surface area (Å²) < 4.78 is 7.43. The first-order valence-corrected chi connectivity index (χ1v) is 5.76. The Hall–Kier alpha value is -0.910. The van der Waals surface area contributed by atoms with Crippen LogP contribution in [0.4, 0.5) is 0 Å². The normalized spacial score (nSPS) is 16.9. The van der Waals surface area contributed by atoms with Crippen LogP contribution in [0.5, 0.6) is 0 Å². The summed E-state index contributed by atoms with van der Waals surface area (Å²) in [5.41, 5.74) is 2.20. The fraction of sp³-hybridized carbons (Fsp3) is 0.417. The summed E-state index contributed by atoms with van der Waals surface area (Å²) in [6, 6.07) is 6.09. The predicted molar refractivity (Wildman–Crippen MR) is 60.4 cm³/mol. The van der Waals surface area contributed by atoms with E-state index in [0.29, 0.717) is 0 Å². The highest BCUT2D eigenvalue weighted by atomic mass is 79.9. The van der Waals surface area contributed by atoms with Gasteiger partial charge in [0.05, 0.1) is 13.2 Å². The molecule has 3 rings (SSSR count). The molecule has 0 atom stereocenters. The van der Waals surface area contributed by atoms with Gasteiger partial charge in [0.1, 0.15) is 31.0 Å². The highest BCUT2D eigenvalue weighted by molar-refractivity contribution is 5.39. The van der Waals surface area contributed by atoms with E-state index in [2.05, 4.69) is 15.6 Å². The summed E-state index contributed by atoms with van der Waals surface area (Å²) in [6.45, 7) is 4.94. The van der Waals surface area contributed by atoms with Gasteiger partial charge in [-0.15, -0.1) is 0 Å². The summed E-state index contributed by atoms with van der Waals surface area (Å²) in [7, 11) is 0. The largest absolute Gasteiger partial charge is 1.00 e. The van der Waals surface area contributed by atoms with Crippen LogP contribution in [-0.2, 0) is 11.3 Å². The molecule has 3 heterocycles. The quantitative estimate of drug-likeness (QED) is 0.632. The lowest BCUT2D eigenvalue weighted by molar-refractivity contribution is -0.921. The number of hydrogen-bond acceptors (Lipinski definition) is 2. The van der Waals surface area contributed by atoms with Crippen molar-refractivity contribution in [3.05, 3.63) is 36.3 Å². The third-order valence-corrected chi connectivity index (χ3v) is 3.04. The van der Waals surface area contributed by atoms with E-state index in [-0.39, 0.29) is 17.0 Å². The first kappa shape index (κ1) is 12.5. The van der Waals surface area contributed by atoms with E-state index in [1.807, 2.05) is 24.4 Å². The van der Waals surface area contributed by atoms with Crippen molar-refractivity contribution in [1.82, 2.24) is 9.38 Å². The number of morpholine rings is 1. The van der Waals surface area contributed by atoms with Crippen molar-refractivity contribution >= 4 is 5.65 Å². The summed E-state index contributed by atoms with van der Waals surface area (Å²) >= 11 is 0. The molecule has 0 radical (unpaired) electrons. The van der Waals surface area contributed by atoms with Gasteiger partial charge in [-0.1, -0.05) is 6.07 Å². The second kappa shape index (κ2) is 5.62. The standard InChI is InChI=1S/C12H15N3O.BrH/c1-2-4-15-10-11(13-12(15)3-1)9-14-5-7-16-8-6-14;/h1-4,10H,5-9H2;1H. The first-order chi connectivity index (χ1) is 7.92. The van der Waals surface area contributed by atoms with Crippen LogP contribution in [0.15, 0.2) is 30.6 Å². The van der Waals surface area contributed by atoms with Gasteiger partial charge in [-0.05, 0) is 12.1 Å². The molecule has 2 aromatic heterocycles. The van der Waals surface area contributed by atoms with Crippen LogP contribution in [0.1, 0.15) is 5.69 Å². The van der Waals surface area contributed by atoms with Crippen LogP contribution in [0, 0.1) is 0 Å². The second-order valence-electron chi connectivity index (χ2n) is 4.24. The third kappa shape index (κ3) is 2.86. The van der Waals surface area contributed by atoms with Gasteiger partial charge in [0.25, 0.3) is 0 Å². The molecule has 17 heavy (non-hydrogen) atoms. The molecule has 1 saturated heterocycles. The van der Waals surface area contributed by atoms with Crippen LogP contribution in [0.2, 0.25) is 0 Å². The van der Waals surface area contributed by atoms with Crippen molar-refractivity contribution in [2.24, 2.45) is 0 Å². The Morgan fingerprint density at radius 2 is 2.12 bits per heavy atom. The summed E-state index contributed by atoms with van der Waals surface area (Å²) in [5, 5.41) is 0. The van der Waals surface area contributed by atoms with Crippen molar-refractivity contribution in [2.75, 3.05) is 26.3 Å². The van der Waals surface area contributed by atoms with Crippen molar-refractivity contribution in [2.45, 2.75) is 6.54 Å². The number of halogens is 1. The van der Waals surface area contributed by atoms with Crippen LogP contribution in [-0.4, -0.2) is 35.7 Å². The number of hydrogen-bond donors (Lipinski definition) is 1. The lowest BCUT2D eigenvalue weighted by Gasteiger charge is -2.22. The van der Waals surface area contributed by atoms with E-state index in [1.54, 1.807) is 4.90 Å². The van der Waals surface area contributed by atoms with Gasteiger partial charge in [0.15, 0.2) is 0 Å². The number of fused-ring (bicyclic) bond motifs is 1. The molecule has 1 fully saturated rings. The highest BCUT2D eigenvalue weighted by Crippen LogP contribution is 2.03. The van der Waals surface area contributed by atoms with Gasteiger partial charge in [0.2, 0.25) is 0 Å². The maximum absolute atomic E-state index is 5.35. The van der Waals surface area contributed by atoms with Gasteiger partial charge in [0, 0.05) is 12.4 Å². The van der Waals surface area contributed by atoms with Crippen molar-refractivity contribution in [1.29, 1.82) is 0 Å². The van der Waals surface area contributed by atoms with Crippen molar-refractivity contribution < 1.29 is 26.6 Å². The average Bonchev–Trinajstić information content (AvgIpc) is 2.72. The zero-order valence-corrected chi connectivity index (χ0v) is 11.2. The van der Waals surface area contributed by atoms with Crippen molar-refractivity contribution in [3.63, 3.8) is 0 Å². The van der Waals surface area contributed by atoms with Gasteiger partial charge in [-0.3, -0.25) is 0 Å². The molecule has 0 spiro atoms. The van der Waals surface area contributed by atoms with E-state index in [1.165, 1.54) is 5.69 Å². The zero-order valence-electron chi connectivity index (χ0n) is 9.60. The number of aromatic nitrogens is 2. The lowest BCUT2D eigenvalue weighted by atomic mass is 10.3. The highest BCUT2D eigenvalue weighted by Gasteiger charge is 2.15. The van der Waals surface area contributed by atoms with E-state index < -0.39 is 0 Å². The molecule has 1 aliphatic heterocycles. The minimum atomic E-state index is 0. The molecule has 0 aliphatic carbocycles. The van der Waals surface area contributed by atoms with Crippen molar-refractivity contribution in [3.8, 4) is 0 Å². The maximum Gasteiger partial charge on any atom is 0.137 e. The average molecular weight is 298 g/mol. The smallest absolute Gasteiger partial charge is 0.137 e. The van der Waals surface area contributed by atoms with Gasteiger partial charge < -0.3 is 31.0 Å². The number of pyridine rings is 1. The van der Waals surface area contributed by atoms with E-state index in [9.17, 15) is 0 Å². The van der Waals surface area contributed by atoms with E-state index >= 15 is 0 Å². The van der Waals surface area contributed by atoms with Crippen LogP contribution in [0.25, 0.3) is 5.65 Å². The Labute approximate surface area is 111 Å². The fourth-order valence-corrected chi connectivity index (χ4v) is 2.17. The maximum atomic E-state index is 5.35. The SMILES string of the molecule is [Br-].c1ccn2cc(C[NH+]3CCOCC3)nc2c1. The molecule has 0 bridgehead atoms. The molecule has 92 valence electrons. The number of nitrogens with one attached hydrogen (secondary N) is 1. The topological polar surface area (TPSA) is 31.0 Å². The van der Waals surface area contributed by atoms with Gasteiger partial charge in [-0.25, -0.2) is 4.98 Å². The molecule has 4 nitrogen and oxygen atoms in total. The van der Waals surface area contributed by atoms with E-state index in [4.69, 9.17) is 4.74 Å². The third-order valence-electron chi connectivity index (χ3n) is 3.04. The number of rotatable bonds is 2. The minimum Gasteiger partial charge on any atom is -1.00 e. The monoisotopic (exact) mass is 297 g/mol. The van der Waals surface area contributed by atoms with E-state index in [0.717, 1.165) is 38.5 Å². The number of imidazole rings is 1. The number of nitrogens with zero attached hydrogens (tertiary/aromatic N) is 2. The molecule has 5 heteroatoms. The van der Waals surface area contributed by atoms with Gasteiger partial charge >= 0.3 is 0 Å². The molecule has 0 amide bonds. The summed E-state index contributed by atoms with van der Waals surface area (Å²) in [5.74, 6) is 0. The molecule has 0 unspecified atom stereocenters. The van der Waals surface area contributed by atoms with Crippen LogP contribution >= 0.6 is 0 Å². The minimum absolute atomic E-state index is 0.